The van der Waals surface area contributed by atoms with Gasteiger partial charge in [-0.05, 0) is 24.6 Å². The number of nitriles is 1. The first-order chi connectivity index (χ1) is 6.81. The van der Waals surface area contributed by atoms with Gasteiger partial charge in [0, 0.05) is 5.56 Å². The molecular weight excluding hydrogens is 178 g/mol. The molecule has 0 aliphatic heterocycles. The van der Waals surface area contributed by atoms with Crippen LogP contribution in [0.4, 0.5) is 0 Å². The molecule has 0 aliphatic carbocycles. The van der Waals surface area contributed by atoms with Gasteiger partial charge < -0.3 is 4.42 Å². The molecule has 0 spiro atoms. The molecule has 4 nitrogen and oxygen atoms in total. The molecule has 0 aliphatic rings. The van der Waals surface area contributed by atoms with Crippen LogP contribution in [0.25, 0.3) is 11.5 Å². The third-order valence-corrected chi connectivity index (χ3v) is 1.97. The summed E-state index contributed by atoms with van der Waals surface area (Å²) in [4.78, 5) is 0. The van der Waals surface area contributed by atoms with Crippen LogP contribution in [0.2, 0.25) is 0 Å². The molecule has 0 amide bonds. The van der Waals surface area contributed by atoms with Crippen LogP contribution in [-0.2, 0) is 0 Å². The summed E-state index contributed by atoms with van der Waals surface area (Å²) in [5.41, 5.74) is 2.33. The lowest BCUT2D eigenvalue weighted by Crippen LogP contribution is -1.84. The molecule has 0 saturated carbocycles. The van der Waals surface area contributed by atoms with E-state index in [1.54, 1.807) is 6.07 Å². The predicted octanol–water partition coefficient (Wildman–Crippen LogP) is 1.92. The summed E-state index contributed by atoms with van der Waals surface area (Å²) in [6.45, 7) is 1.89. The van der Waals surface area contributed by atoms with Gasteiger partial charge in [0.15, 0.2) is 0 Å². The second-order valence-corrected chi connectivity index (χ2v) is 2.89. The van der Waals surface area contributed by atoms with E-state index in [9.17, 15) is 0 Å². The molecule has 0 fully saturated rings. The van der Waals surface area contributed by atoms with Crippen molar-refractivity contribution in [3.63, 3.8) is 0 Å². The van der Waals surface area contributed by atoms with Crippen molar-refractivity contribution in [2.75, 3.05) is 0 Å². The van der Waals surface area contributed by atoms with Crippen LogP contribution in [0.1, 0.15) is 11.1 Å². The van der Waals surface area contributed by atoms with Gasteiger partial charge in [0.25, 0.3) is 0 Å². The van der Waals surface area contributed by atoms with Gasteiger partial charge in [0.2, 0.25) is 12.3 Å². The van der Waals surface area contributed by atoms with Gasteiger partial charge >= 0.3 is 0 Å². The number of aryl methyl sites for hydroxylation is 1. The van der Waals surface area contributed by atoms with E-state index in [2.05, 4.69) is 16.3 Å². The fourth-order valence-corrected chi connectivity index (χ4v) is 1.17. The van der Waals surface area contributed by atoms with Crippen LogP contribution in [0, 0.1) is 18.3 Å². The minimum Gasteiger partial charge on any atom is -0.423 e. The number of hydrogen-bond donors (Lipinski definition) is 0. The highest BCUT2D eigenvalue weighted by Crippen LogP contribution is 2.19. The summed E-state index contributed by atoms with van der Waals surface area (Å²) in [5.74, 6) is 0.432. The van der Waals surface area contributed by atoms with Crippen LogP contribution >= 0.6 is 0 Å². The Hall–Kier alpha value is -2.15. The maximum Gasteiger partial charge on any atom is 0.247 e. The van der Waals surface area contributed by atoms with Crippen molar-refractivity contribution in [1.29, 1.82) is 5.26 Å². The molecule has 0 bridgehead atoms. The van der Waals surface area contributed by atoms with Crippen molar-refractivity contribution in [2.24, 2.45) is 0 Å². The average molecular weight is 185 g/mol. The topological polar surface area (TPSA) is 62.7 Å². The Morgan fingerprint density at radius 2 is 2.29 bits per heavy atom. The maximum absolute atomic E-state index is 8.82. The van der Waals surface area contributed by atoms with Gasteiger partial charge in [-0.3, -0.25) is 0 Å². The first-order valence-corrected chi connectivity index (χ1v) is 4.08. The molecule has 1 heterocycles. The average Bonchev–Trinajstić information content (AvgIpc) is 2.71. The Morgan fingerprint density at radius 1 is 1.43 bits per heavy atom. The minimum absolute atomic E-state index is 0.432. The van der Waals surface area contributed by atoms with Gasteiger partial charge in [0.1, 0.15) is 0 Å². The first-order valence-electron chi connectivity index (χ1n) is 4.08. The quantitative estimate of drug-likeness (QED) is 0.680. The highest BCUT2D eigenvalue weighted by atomic mass is 16.4. The SMILES string of the molecule is Cc1ccc(-c2nnco2)cc1C#N. The number of benzene rings is 1. The third kappa shape index (κ3) is 1.36. The van der Waals surface area contributed by atoms with Gasteiger partial charge in [0.05, 0.1) is 11.6 Å². The number of aromatic nitrogens is 2. The minimum atomic E-state index is 0.432. The Kier molecular flexibility index (Phi) is 1.99. The fourth-order valence-electron chi connectivity index (χ4n) is 1.17. The first kappa shape index (κ1) is 8.45. The van der Waals surface area contributed by atoms with Crippen molar-refractivity contribution >= 4 is 0 Å². The van der Waals surface area contributed by atoms with Crippen molar-refractivity contribution in [1.82, 2.24) is 10.2 Å². The van der Waals surface area contributed by atoms with Crippen LogP contribution in [0.3, 0.4) is 0 Å². The molecule has 0 unspecified atom stereocenters. The molecule has 68 valence electrons. The third-order valence-electron chi connectivity index (χ3n) is 1.97. The Morgan fingerprint density at radius 3 is 2.93 bits per heavy atom. The lowest BCUT2D eigenvalue weighted by Gasteiger charge is -1.98. The predicted molar refractivity (Wildman–Crippen MR) is 49.2 cm³/mol. The molecule has 4 heteroatoms. The largest absolute Gasteiger partial charge is 0.423 e. The standard InChI is InChI=1S/C10H7N3O/c1-7-2-3-8(4-9(7)5-11)10-13-12-6-14-10/h2-4,6H,1H3. The Bertz CT molecular complexity index is 483. The lowest BCUT2D eigenvalue weighted by atomic mass is 10.1. The van der Waals surface area contributed by atoms with Gasteiger partial charge in [-0.1, -0.05) is 6.07 Å². The van der Waals surface area contributed by atoms with E-state index in [4.69, 9.17) is 9.68 Å². The Balaban J connectivity index is 2.53. The van der Waals surface area contributed by atoms with Crippen molar-refractivity contribution in [2.45, 2.75) is 6.92 Å². The van der Waals surface area contributed by atoms with Crippen molar-refractivity contribution in [3.05, 3.63) is 35.7 Å². The van der Waals surface area contributed by atoms with Gasteiger partial charge in [-0.25, -0.2) is 0 Å². The van der Waals surface area contributed by atoms with Gasteiger partial charge in [-0.2, -0.15) is 5.26 Å². The van der Waals surface area contributed by atoms with E-state index in [0.29, 0.717) is 11.5 Å². The maximum atomic E-state index is 8.82. The van der Waals surface area contributed by atoms with E-state index in [1.807, 2.05) is 19.1 Å². The fraction of sp³-hybridized carbons (Fsp3) is 0.100. The molecule has 2 aromatic rings. The Labute approximate surface area is 80.8 Å². The van der Waals surface area contributed by atoms with Crippen LogP contribution in [0.15, 0.2) is 29.0 Å². The van der Waals surface area contributed by atoms with Crippen LogP contribution in [0.5, 0.6) is 0 Å². The molecule has 1 aromatic carbocycles. The smallest absolute Gasteiger partial charge is 0.247 e. The zero-order chi connectivity index (χ0) is 9.97. The molecule has 14 heavy (non-hydrogen) atoms. The zero-order valence-corrected chi connectivity index (χ0v) is 7.56. The van der Waals surface area contributed by atoms with Crippen LogP contribution in [-0.4, -0.2) is 10.2 Å². The second kappa shape index (κ2) is 3.30. The highest BCUT2D eigenvalue weighted by molar-refractivity contribution is 5.57. The molecular formula is C10H7N3O. The lowest BCUT2D eigenvalue weighted by molar-refractivity contribution is 0.568. The van der Waals surface area contributed by atoms with Crippen LogP contribution < -0.4 is 0 Å². The summed E-state index contributed by atoms with van der Waals surface area (Å²) >= 11 is 0. The zero-order valence-electron chi connectivity index (χ0n) is 7.56. The van der Waals surface area contributed by atoms with Crippen molar-refractivity contribution in [3.8, 4) is 17.5 Å². The normalized spacial score (nSPS) is 9.71. The highest BCUT2D eigenvalue weighted by Gasteiger charge is 2.05. The molecule has 0 atom stereocenters. The number of nitrogens with zero attached hydrogens (tertiary/aromatic N) is 3. The van der Waals surface area contributed by atoms with E-state index < -0.39 is 0 Å². The van der Waals surface area contributed by atoms with Gasteiger partial charge in [-0.15, -0.1) is 10.2 Å². The molecule has 1 aromatic heterocycles. The monoisotopic (exact) mass is 185 g/mol. The summed E-state index contributed by atoms with van der Waals surface area (Å²) < 4.78 is 5.03. The molecule has 0 N–H and O–H groups in total. The van der Waals surface area contributed by atoms with E-state index in [1.165, 1.54) is 6.39 Å². The number of hydrogen-bond acceptors (Lipinski definition) is 4. The van der Waals surface area contributed by atoms with E-state index in [0.717, 1.165) is 11.1 Å². The summed E-state index contributed by atoms with van der Waals surface area (Å²) in [6.07, 6.45) is 1.27. The number of rotatable bonds is 1. The summed E-state index contributed by atoms with van der Waals surface area (Å²) in [7, 11) is 0. The second-order valence-electron chi connectivity index (χ2n) is 2.89. The summed E-state index contributed by atoms with van der Waals surface area (Å²) in [6, 6.07) is 7.56. The molecule has 0 saturated heterocycles. The van der Waals surface area contributed by atoms with E-state index >= 15 is 0 Å². The van der Waals surface area contributed by atoms with E-state index in [-0.39, 0.29) is 0 Å². The molecule has 2 rings (SSSR count). The molecule has 0 radical (unpaired) electrons. The summed E-state index contributed by atoms with van der Waals surface area (Å²) in [5, 5.41) is 16.2. The van der Waals surface area contributed by atoms with Crippen molar-refractivity contribution < 1.29 is 4.42 Å².